The van der Waals surface area contributed by atoms with E-state index in [9.17, 15) is 38.4 Å². The summed E-state index contributed by atoms with van der Waals surface area (Å²) in [5.41, 5.74) is 5.69. The maximum atomic E-state index is 13.7. The SMILES string of the molecule is CC(C)[C@@H](NC(=O)CCCCCN1C(=O)CC(C(C)(C)C)C1=O)C(=O)C[C@H](CCCNC(N)=O)C(=O)Nc1ccc(COC(=O)NCCOCCOCCCC(=O)C(C)(C)C)cc1. The average Bonchev–Trinajstić information content (AvgIpc) is 3.49. The molecule has 1 aromatic carbocycles. The quantitative estimate of drug-likeness (QED) is 0.0502. The zero-order valence-corrected chi connectivity index (χ0v) is 38.9. The van der Waals surface area contributed by atoms with Crippen LogP contribution in [0.2, 0.25) is 0 Å². The van der Waals surface area contributed by atoms with Gasteiger partial charge in [-0.2, -0.15) is 0 Å². The molecule has 1 aliphatic heterocycles. The molecule has 6 N–H and O–H groups in total. The first-order chi connectivity index (χ1) is 29.6. The molecule has 0 saturated carbocycles. The number of nitrogens with zero attached hydrogens (tertiary/aromatic N) is 1. The number of alkyl carbamates (subject to hydrolysis) is 1. The largest absolute Gasteiger partial charge is 0.445 e. The number of imide groups is 1. The van der Waals surface area contributed by atoms with Gasteiger partial charge in [0.15, 0.2) is 5.78 Å². The third-order valence-electron chi connectivity index (χ3n) is 10.8. The Balaban J connectivity index is 1.80. The van der Waals surface area contributed by atoms with Gasteiger partial charge in [0, 0.05) is 68.9 Å². The number of likely N-dealkylation sites (tertiary alicyclic amines) is 1. The Morgan fingerprint density at radius 2 is 1.48 bits per heavy atom. The van der Waals surface area contributed by atoms with E-state index in [-0.39, 0.29) is 104 Å². The summed E-state index contributed by atoms with van der Waals surface area (Å²) in [6.07, 6.45) is 3.08. The first kappa shape index (κ1) is 54.2. The fraction of sp³-hybridized carbons (Fsp3) is 0.696. The molecule has 1 saturated heterocycles. The third-order valence-corrected chi connectivity index (χ3v) is 10.8. The van der Waals surface area contributed by atoms with Crippen molar-refractivity contribution in [1.82, 2.24) is 20.9 Å². The first-order valence-electron chi connectivity index (χ1n) is 22.3. The van der Waals surface area contributed by atoms with Crippen LogP contribution in [0.3, 0.4) is 0 Å². The van der Waals surface area contributed by atoms with Crippen LogP contribution in [-0.2, 0) is 49.6 Å². The van der Waals surface area contributed by atoms with Gasteiger partial charge in [-0.1, -0.05) is 73.9 Å². The molecular weight excluding hydrogens is 813 g/mol. The lowest BCUT2D eigenvalue weighted by Gasteiger charge is -2.25. The van der Waals surface area contributed by atoms with E-state index in [4.69, 9.17) is 19.9 Å². The molecule has 1 aliphatic rings. The number of ether oxygens (including phenoxy) is 3. The lowest BCUT2D eigenvalue weighted by Crippen LogP contribution is -2.45. The number of nitrogens with one attached hydrogen (secondary N) is 4. The van der Waals surface area contributed by atoms with Crippen LogP contribution in [0.5, 0.6) is 0 Å². The monoisotopic (exact) mass is 887 g/mol. The molecule has 0 radical (unpaired) electrons. The highest BCUT2D eigenvalue weighted by Gasteiger charge is 2.44. The molecule has 17 heteroatoms. The summed E-state index contributed by atoms with van der Waals surface area (Å²) >= 11 is 0. The minimum Gasteiger partial charge on any atom is -0.445 e. The predicted octanol–water partition coefficient (Wildman–Crippen LogP) is 5.43. The molecule has 0 aliphatic carbocycles. The van der Waals surface area contributed by atoms with Crippen LogP contribution in [0.1, 0.15) is 125 Å². The normalized spacial score (nSPS) is 15.2. The number of hydrogen-bond acceptors (Lipinski definition) is 11. The van der Waals surface area contributed by atoms with Crippen molar-refractivity contribution in [3.05, 3.63) is 29.8 Å². The molecule has 63 heavy (non-hydrogen) atoms. The highest BCUT2D eigenvalue weighted by molar-refractivity contribution is 6.04. The topological polar surface area (TPSA) is 242 Å². The molecule has 354 valence electrons. The van der Waals surface area contributed by atoms with Crippen LogP contribution in [0, 0.1) is 28.6 Å². The summed E-state index contributed by atoms with van der Waals surface area (Å²) in [4.78, 5) is 102. The van der Waals surface area contributed by atoms with Gasteiger partial charge in [0.25, 0.3) is 0 Å². The molecule has 0 bridgehead atoms. The molecule has 1 heterocycles. The average molecular weight is 887 g/mol. The summed E-state index contributed by atoms with van der Waals surface area (Å²) in [7, 11) is 0. The van der Waals surface area contributed by atoms with Crippen molar-refractivity contribution in [2.45, 2.75) is 132 Å². The Hall–Kier alpha value is -4.90. The maximum Gasteiger partial charge on any atom is 0.407 e. The van der Waals surface area contributed by atoms with Gasteiger partial charge in [-0.3, -0.25) is 33.7 Å². The first-order valence-corrected chi connectivity index (χ1v) is 22.3. The highest BCUT2D eigenvalue weighted by atomic mass is 16.5. The minimum absolute atomic E-state index is 0.0164. The number of ketones is 2. The van der Waals surface area contributed by atoms with Gasteiger partial charge in [-0.05, 0) is 61.1 Å². The van der Waals surface area contributed by atoms with E-state index >= 15 is 0 Å². The summed E-state index contributed by atoms with van der Waals surface area (Å²) in [6.45, 7) is 17.4. The number of benzene rings is 1. The molecule has 3 atom stereocenters. The van der Waals surface area contributed by atoms with E-state index in [0.717, 1.165) is 0 Å². The fourth-order valence-electron chi connectivity index (χ4n) is 6.83. The van der Waals surface area contributed by atoms with Gasteiger partial charge >= 0.3 is 12.1 Å². The molecule has 1 unspecified atom stereocenters. The standard InChI is InChI=1S/C46H74N6O11/c1-31(2)40(51-38(55)16-10-9-11-23-52-39(56)29-35(42(52)58)45(3,4)5)36(53)28-33(14-12-21-48-43(47)59)41(57)50-34-19-17-32(18-20-34)30-63-44(60)49-22-25-62-27-26-61-24-13-15-37(54)46(6,7)8/h17-20,31,33,35,40H,9-16,21-30H2,1-8H3,(H,49,60)(H,50,57)(H,51,55)(H3,47,48,59)/t33-,35?,40+/m0/s1. The Morgan fingerprint density at radius 3 is 2.08 bits per heavy atom. The lowest BCUT2D eigenvalue weighted by molar-refractivity contribution is -0.140. The Morgan fingerprint density at radius 1 is 0.810 bits per heavy atom. The van der Waals surface area contributed by atoms with Gasteiger partial charge in [0.05, 0.1) is 31.8 Å². The Labute approximate surface area is 373 Å². The van der Waals surface area contributed by atoms with Gasteiger partial charge in [0.2, 0.25) is 23.6 Å². The van der Waals surface area contributed by atoms with Crippen molar-refractivity contribution in [3.8, 4) is 0 Å². The van der Waals surface area contributed by atoms with Crippen molar-refractivity contribution >= 4 is 53.0 Å². The van der Waals surface area contributed by atoms with Gasteiger partial charge in [-0.15, -0.1) is 0 Å². The van der Waals surface area contributed by atoms with Crippen LogP contribution in [0.4, 0.5) is 15.3 Å². The van der Waals surface area contributed by atoms with Gasteiger partial charge in [0.1, 0.15) is 12.4 Å². The molecule has 2 rings (SSSR count). The second-order valence-corrected chi connectivity index (χ2v) is 18.6. The van der Waals surface area contributed by atoms with E-state index in [2.05, 4.69) is 21.3 Å². The maximum absolute atomic E-state index is 13.7. The van der Waals surface area contributed by atoms with Crippen molar-refractivity contribution < 1.29 is 52.6 Å². The number of rotatable bonds is 29. The number of nitrogens with two attached hydrogens (primary N) is 1. The summed E-state index contributed by atoms with van der Waals surface area (Å²) < 4.78 is 16.2. The van der Waals surface area contributed by atoms with Crippen molar-refractivity contribution in [2.24, 2.45) is 34.3 Å². The van der Waals surface area contributed by atoms with Crippen molar-refractivity contribution in [1.29, 1.82) is 0 Å². The summed E-state index contributed by atoms with van der Waals surface area (Å²) in [5.74, 6) is -2.48. The van der Waals surface area contributed by atoms with E-state index in [1.54, 1.807) is 24.3 Å². The van der Waals surface area contributed by atoms with E-state index in [1.807, 2.05) is 55.4 Å². The Bertz CT molecular complexity index is 1670. The second kappa shape index (κ2) is 27.3. The van der Waals surface area contributed by atoms with E-state index in [1.165, 1.54) is 4.90 Å². The minimum atomic E-state index is -0.831. The number of Topliss-reactive ketones (excluding diaryl/α,β-unsaturated/α-hetero) is 2. The summed E-state index contributed by atoms with van der Waals surface area (Å²) in [5, 5.41) is 10.8. The number of carbonyl (C=O) groups is 8. The van der Waals surface area contributed by atoms with E-state index in [0.29, 0.717) is 76.1 Å². The highest BCUT2D eigenvalue weighted by Crippen LogP contribution is 2.35. The molecule has 0 spiro atoms. The number of primary amides is 1. The number of urea groups is 1. The van der Waals surface area contributed by atoms with Crippen LogP contribution in [0.15, 0.2) is 24.3 Å². The number of hydrogen-bond donors (Lipinski definition) is 5. The number of unbranched alkanes of at least 4 members (excludes halogenated alkanes) is 2. The zero-order valence-electron chi connectivity index (χ0n) is 38.9. The smallest absolute Gasteiger partial charge is 0.407 e. The number of anilines is 1. The lowest BCUT2D eigenvalue weighted by atomic mass is 9.80. The molecule has 1 fully saturated rings. The van der Waals surface area contributed by atoms with Crippen LogP contribution in [-0.4, -0.2) is 104 Å². The Kier molecular flexibility index (Phi) is 23.5. The molecule has 0 aromatic heterocycles. The molecule has 1 aromatic rings. The fourth-order valence-corrected chi connectivity index (χ4v) is 6.83. The second-order valence-electron chi connectivity index (χ2n) is 18.6. The van der Waals surface area contributed by atoms with Crippen molar-refractivity contribution in [3.63, 3.8) is 0 Å². The van der Waals surface area contributed by atoms with E-state index < -0.39 is 30.0 Å². The van der Waals surface area contributed by atoms with Crippen LogP contribution < -0.4 is 27.0 Å². The van der Waals surface area contributed by atoms with Gasteiger partial charge < -0.3 is 41.2 Å². The number of carbonyl (C=O) groups excluding carboxylic acids is 8. The molecule has 7 amide bonds. The third kappa shape index (κ3) is 21.4. The van der Waals surface area contributed by atoms with Crippen LogP contribution in [0.25, 0.3) is 0 Å². The van der Waals surface area contributed by atoms with Crippen LogP contribution >= 0.6 is 0 Å². The predicted molar refractivity (Wildman–Crippen MR) is 238 cm³/mol. The molecular formula is C46H74N6O11. The summed E-state index contributed by atoms with van der Waals surface area (Å²) in [6, 6.07) is 5.16. The van der Waals surface area contributed by atoms with Gasteiger partial charge in [-0.25, -0.2) is 9.59 Å². The zero-order chi connectivity index (χ0) is 47.2. The van der Waals surface area contributed by atoms with Crippen molar-refractivity contribution in [2.75, 3.05) is 51.4 Å². The molecule has 17 nitrogen and oxygen atoms in total. The number of amides is 7.